The summed E-state index contributed by atoms with van der Waals surface area (Å²) in [6, 6.07) is 8.07. The van der Waals surface area contributed by atoms with E-state index < -0.39 is 15.9 Å². The van der Waals surface area contributed by atoms with Crippen molar-refractivity contribution in [1.29, 1.82) is 0 Å². The molecule has 11 heteroatoms. The Kier molecular flexibility index (Phi) is 6.67. The minimum absolute atomic E-state index is 0.0651. The summed E-state index contributed by atoms with van der Waals surface area (Å²) in [5.74, 6) is 0.268. The Balaban J connectivity index is 1.51. The number of anilines is 2. The predicted molar refractivity (Wildman–Crippen MR) is 125 cm³/mol. The van der Waals surface area contributed by atoms with Crippen molar-refractivity contribution in [2.45, 2.75) is 24.7 Å². The van der Waals surface area contributed by atoms with Crippen LogP contribution in [0.1, 0.15) is 18.4 Å². The van der Waals surface area contributed by atoms with E-state index in [4.69, 9.17) is 14.2 Å². The maximum absolute atomic E-state index is 13.5. The number of amides is 2. The number of benzene rings is 2. The number of nitrogens with one attached hydrogen (secondary N) is 2. The van der Waals surface area contributed by atoms with E-state index in [1.807, 2.05) is 0 Å². The van der Waals surface area contributed by atoms with Crippen LogP contribution in [0, 0.1) is 12.8 Å². The fourth-order valence-corrected chi connectivity index (χ4v) is 5.91. The predicted octanol–water partition coefficient (Wildman–Crippen LogP) is 2.38. The molecule has 0 saturated carbocycles. The van der Waals surface area contributed by atoms with Gasteiger partial charge in [-0.05, 0) is 43.5 Å². The molecule has 0 bridgehead atoms. The summed E-state index contributed by atoms with van der Waals surface area (Å²) in [5, 5.41) is 5.53. The number of sulfonamides is 1. The average Bonchev–Trinajstić information content (AvgIpc) is 2.83. The molecule has 2 N–H and O–H groups in total. The fourth-order valence-electron chi connectivity index (χ4n) is 4.17. The first-order valence-corrected chi connectivity index (χ1v) is 12.3. The number of piperidine rings is 1. The lowest BCUT2D eigenvalue weighted by Gasteiger charge is -2.32. The van der Waals surface area contributed by atoms with E-state index >= 15 is 0 Å². The highest BCUT2D eigenvalue weighted by Crippen LogP contribution is 2.35. The van der Waals surface area contributed by atoms with E-state index in [1.165, 1.54) is 24.6 Å². The van der Waals surface area contributed by atoms with E-state index in [1.54, 1.807) is 31.2 Å². The summed E-state index contributed by atoms with van der Waals surface area (Å²) >= 11 is 0. The third kappa shape index (κ3) is 4.66. The van der Waals surface area contributed by atoms with Gasteiger partial charge in [-0.2, -0.15) is 4.31 Å². The first-order valence-electron chi connectivity index (χ1n) is 10.8. The molecule has 1 fully saturated rings. The van der Waals surface area contributed by atoms with Crippen LogP contribution in [-0.2, 0) is 19.6 Å². The Morgan fingerprint density at radius 2 is 1.94 bits per heavy atom. The van der Waals surface area contributed by atoms with Gasteiger partial charge in [-0.25, -0.2) is 8.42 Å². The van der Waals surface area contributed by atoms with Crippen LogP contribution in [-0.4, -0.2) is 58.5 Å². The number of fused-ring (bicyclic) bond motifs is 1. The van der Waals surface area contributed by atoms with Crippen molar-refractivity contribution >= 4 is 33.2 Å². The molecule has 2 heterocycles. The Labute approximate surface area is 198 Å². The van der Waals surface area contributed by atoms with Crippen LogP contribution in [0.4, 0.5) is 11.4 Å². The molecule has 1 saturated heterocycles. The summed E-state index contributed by atoms with van der Waals surface area (Å²) in [6.45, 7) is 1.88. The van der Waals surface area contributed by atoms with Crippen molar-refractivity contribution in [3.63, 3.8) is 0 Å². The first-order chi connectivity index (χ1) is 16.2. The number of carbonyl (C=O) groups is 2. The van der Waals surface area contributed by atoms with Gasteiger partial charge in [0.1, 0.15) is 5.75 Å². The Bertz CT molecular complexity index is 1230. The van der Waals surface area contributed by atoms with Gasteiger partial charge in [0.05, 0.1) is 30.7 Å². The number of rotatable bonds is 6. The molecule has 0 aromatic heterocycles. The molecule has 182 valence electrons. The van der Waals surface area contributed by atoms with Gasteiger partial charge >= 0.3 is 0 Å². The monoisotopic (exact) mass is 489 g/mol. The summed E-state index contributed by atoms with van der Waals surface area (Å²) in [6.07, 6.45) is 1.13. The van der Waals surface area contributed by atoms with Gasteiger partial charge in [0, 0.05) is 30.9 Å². The van der Waals surface area contributed by atoms with Crippen LogP contribution in [0.3, 0.4) is 0 Å². The van der Waals surface area contributed by atoms with Crippen LogP contribution >= 0.6 is 0 Å². The maximum Gasteiger partial charge on any atom is 0.262 e. The van der Waals surface area contributed by atoms with Crippen LogP contribution < -0.4 is 24.8 Å². The lowest BCUT2D eigenvalue weighted by atomic mass is 9.98. The molecule has 2 aliphatic heterocycles. The number of carbonyl (C=O) groups excluding carboxylic acids is 2. The molecule has 2 amide bonds. The van der Waals surface area contributed by atoms with Gasteiger partial charge in [-0.15, -0.1) is 0 Å². The molecule has 2 aromatic carbocycles. The average molecular weight is 490 g/mol. The Morgan fingerprint density at radius 3 is 2.68 bits per heavy atom. The second-order valence-electron chi connectivity index (χ2n) is 8.21. The highest BCUT2D eigenvalue weighted by atomic mass is 32.2. The van der Waals surface area contributed by atoms with Gasteiger partial charge in [0.2, 0.25) is 15.9 Å². The minimum Gasteiger partial charge on any atom is -0.493 e. The second-order valence-corrected chi connectivity index (χ2v) is 10.1. The molecule has 0 radical (unpaired) electrons. The number of nitrogens with zero attached hydrogens (tertiary/aromatic N) is 1. The van der Waals surface area contributed by atoms with E-state index in [2.05, 4.69) is 10.6 Å². The van der Waals surface area contributed by atoms with Gasteiger partial charge < -0.3 is 24.8 Å². The third-order valence-electron chi connectivity index (χ3n) is 5.93. The molecule has 0 aliphatic carbocycles. The molecule has 34 heavy (non-hydrogen) atoms. The molecule has 1 atom stereocenters. The third-order valence-corrected chi connectivity index (χ3v) is 7.94. The number of aryl methyl sites for hydroxylation is 1. The van der Waals surface area contributed by atoms with E-state index in [0.29, 0.717) is 53.6 Å². The second kappa shape index (κ2) is 9.51. The molecular formula is C23H27N3O7S. The highest BCUT2D eigenvalue weighted by molar-refractivity contribution is 7.89. The zero-order chi connectivity index (χ0) is 24.5. The van der Waals surface area contributed by atoms with Gasteiger partial charge in [-0.1, -0.05) is 0 Å². The summed E-state index contributed by atoms with van der Waals surface area (Å²) in [7, 11) is -0.838. The van der Waals surface area contributed by atoms with Gasteiger partial charge in [-0.3, -0.25) is 9.59 Å². The Hall–Kier alpha value is -3.31. The number of methoxy groups -OCH3 is 2. The topological polar surface area (TPSA) is 123 Å². The molecule has 0 spiro atoms. The van der Waals surface area contributed by atoms with E-state index in [9.17, 15) is 18.0 Å². The first kappa shape index (κ1) is 23.8. The summed E-state index contributed by atoms with van der Waals surface area (Å²) < 4.78 is 44.1. The maximum atomic E-state index is 13.5. The zero-order valence-electron chi connectivity index (χ0n) is 19.2. The Morgan fingerprint density at radius 1 is 1.18 bits per heavy atom. The van der Waals surface area contributed by atoms with Crippen molar-refractivity contribution in [3.8, 4) is 17.2 Å². The van der Waals surface area contributed by atoms with Crippen LogP contribution in [0.25, 0.3) is 0 Å². The summed E-state index contributed by atoms with van der Waals surface area (Å²) in [4.78, 5) is 24.6. The van der Waals surface area contributed by atoms with Crippen molar-refractivity contribution in [1.82, 2.24) is 4.31 Å². The molecule has 2 aliphatic rings. The van der Waals surface area contributed by atoms with Crippen molar-refractivity contribution in [3.05, 3.63) is 35.9 Å². The van der Waals surface area contributed by atoms with Crippen LogP contribution in [0.5, 0.6) is 17.2 Å². The zero-order valence-corrected chi connectivity index (χ0v) is 20.0. The molecular weight excluding hydrogens is 462 g/mol. The number of ether oxygens (including phenoxy) is 3. The normalized spacial score (nSPS) is 18.3. The number of hydrogen-bond acceptors (Lipinski definition) is 7. The van der Waals surface area contributed by atoms with Crippen LogP contribution in [0.2, 0.25) is 0 Å². The molecule has 0 unspecified atom stereocenters. The fraction of sp³-hybridized carbons (Fsp3) is 0.391. The molecule has 2 aromatic rings. The van der Waals surface area contributed by atoms with E-state index in [-0.39, 0.29) is 29.9 Å². The standard InChI is InChI=1S/C23H27N3O7S/c1-14-9-17-19(33-13-22(27)25-17)11-21(14)34(29,30)26-8-4-5-15(12-26)23(28)24-16-6-7-18(31-2)20(10-16)32-3/h6-7,9-11,15H,4-5,8,12-13H2,1-3H3,(H,24,28)(H,25,27)/t15-/m0/s1. The van der Waals surface area contributed by atoms with E-state index in [0.717, 1.165) is 0 Å². The number of hydrogen-bond donors (Lipinski definition) is 2. The summed E-state index contributed by atoms with van der Waals surface area (Å²) in [5.41, 5.74) is 1.47. The van der Waals surface area contributed by atoms with Gasteiger partial charge in [0.15, 0.2) is 18.1 Å². The lowest BCUT2D eigenvalue weighted by Crippen LogP contribution is -2.43. The smallest absolute Gasteiger partial charge is 0.262 e. The lowest BCUT2D eigenvalue weighted by molar-refractivity contribution is -0.121. The largest absolute Gasteiger partial charge is 0.493 e. The highest BCUT2D eigenvalue weighted by Gasteiger charge is 2.35. The molecule has 4 rings (SSSR count). The SMILES string of the molecule is COc1ccc(NC(=O)[C@H]2CCCN(S(=O)(=O)c3cc4c(cc3C)NC(=O)CO4)C2)cc1OC. The van der Waals surface area contributed by atoms with Crippen molar-refractivity contribution in [2.75, 3.05) is 44.5 Å². The van der Waals surface area contributed by atoms with Gasteiger partial charge in [0.25, 0.3) is 5.91 Å². The van der Waals surface area contributed by atoms with Crippen LogP contribution in [0.15, 0.2) is 35.2 Å². The minimum atomic E-state index is -3.87. The molecule has 10 nitrogen and oxygen atoms in total. The van der Waals surface area contributed by atoms with Crippen molar-refractivity contribution in [2.24, 2.45) is 5.92 Å². The van der Waals surface area contributed by atoms with Crippen molar-refractivity contribution < 1.29 is 32.2 Å². The quantitative estimate of drug-likeness (QED) is 0.639.